The summed E-state index contributed by atoms with van der Waals surface area (Å²) >= 11 is 1.39. The van der Waals surface area contributed by atoms with E-state index in [-0.39, 0.29) is 0 Å². The predicted octanol–water partition coefficient (Wildman–Crippen LogP) is 2.39. The Labute approximate surface area is 110 Å². The van der Waals surface area contributed by atoms with E-state index < -0.39 is 0 Å². The number of hydrogen-bond acceptors (Lipinski definition) is 6. The zero-order chi connectivity index (χ0) is 12.8. The molecule has 0 saturated heterocycles. The Morgan fingerprint density at radius 1 is 1.28 bits per heavy atom. The van der Waals surface area contributed by atoms with Gasteiger partial charge in [-0.15, -0.1) is 0 Å². The summed E-state index contributed by atoms with van der Waals surface area (Å²) in [5.74, 6) is 0.435. The van der Waals surface area contributed by atoms with Gasteiger partial charge in [0.15, 0.2) is 0 Å². The minimum Gasteiger partial charge on any atom is -0.476 e. The fourth-order valence-electron chi connectivity index (χ4n) is 1.27. The lowest BCUT2D eigenvalue weighted by molar-refractivity contribution is 0.305. The number of aromatic nitrogens is 3. The van der Waals surface area contributed by atoms with Crippen LogP contribution in [0.5, 0.6) is 5.88 Å². The smallest absolute Gasteiger partial charge is 0.241 e. The van der Waals surface area contributed by atoms with E-state index in [4.69, 9.17) is 10.5 Å². The maximum Gasteiger partial charge on any atom is 0.241 e. The molecule has 0 spiro atoms. The number of rotatable bonds is 5. The Kier molecular flexibility index (Phi) is 4.35. The van der Waals surface area contributed by atoms with Gasteiger partial charge in [0.25, 0.3) is 0 Å². The highest BCUT2D eigenvalue weighted by Crippen LogP contribution is 2.32. The molecule has 0 aromatic carbocycles. The molecule has 2 aromatic rings. The van der Waals surface area contributed by atoms with Crippen molar-refractivity contribution in [2.24, 2.45) is 0 Å². The number of anilines is 1. The van der Waals surface area contributed by atoms with Crippen LogP contribution in [0.4, 0.5) is 5.69 Å². The zero-order valence-electron chi connectivity index (χ0n) is 10.0. The minimum absolute atomic E-state index is 0.435. The maximum atomic E-state index is 5.97. The van der Waals surface area contributed by atoms with Crippen molar-refractivity contribution < 1.29 is 4.74 Å². The molecule has 0 fully saturated rings. The van der Waals surface area contributed by atoms with Gasteiger partial charge in [0.1, 0.15) is 22.1 Å². The van der Waals surface area contributed by atoms with Gasteiger partial charge in [-0.25, -0.2) is 9.97 Å². The molecule has 0 unspecified atom stereocenters. The van der Waals surface area contributed by atoms with Gasteiger partial charge >= 0.3 is 0 Å². The van der Waals surface area contributed by atoms with E-state index >= 15 is 0 Å². The first-order chi connectivity index (χ1) is 8.81. The third-order valence-electron chi connectivity index (χ3n) is 2.09. The molecule has 2 rings (SSSR count). The van der Waals surface area contributed by atoms with E-state index in [2.05, 4.69) is 15.0 Å². The summed E-state index contributed by atoms with van der Waals surface area (Å²) in [5.41, 5.74) is 6.43. The Bertz CT molecular complexity index is 507. The molecule has 5 nitrogen and oxygen atoms in total. The van der Waals surface area contributed by atoms with Crippen molar-refractivity contribution in [2.45, 2.75) is 23.4 Å². The Morgan fingerprint density at radius 2 is 2.17 bits per heavy atom. The highest BCUT2D eigenvalue weighted by atomic mass is 32.2. The summed E-state index contributed by atoms with van der Waals surface area (Å²) in [5, 5.41) is 1.50. The average molecular weight is 262 g/mol. The van der Waals surface area contributed by atoms with Crippen LogP contribution in [0.2, 0.25) is 0 Å². The molecule has 2 N–H and O–H groups in total. The largest absolute Gasteiger partial charge is 0.476 e. The van der Waals surface area contributed by atoms with E-state index in [0.29, 0.717) is 23.2 Å². The standard InChI is InChI=1S/C12H14N4OS/c1-2-7-17-11-10(13)12(16-8-15-11)18-9-5-3-4-6-14-9/h3-6,8H,2,7,13H2,1H3. The third-order valence-corrected chi connectivity index (χ3v) is 3.06. The fourth-order valence-corrected chi connectivity index (χ4v) is 2.02. The minimum atomic E-state index is 0.435. The van der Waals surface area contributed by atoms with Gasteiger partial charge in [0.05, 0.1) is 6.61 Å². The molecule has 0 atom stereocenters. The Balaban J connectivity index is 2.18. The average Bonchev–Trinajstić information content (AvgIpc) is 2.41. The first-order valence-corrected chi connectivity index (χ1v) is 6.45. The molecule has 18 heavy (non-hydrogen) atoms. The maximum absolute atomic E-state index is 5.97. The van der Waals surface area contributed by atoms with Crippen LogP contribution >= 0.6 is 11.8 Å². The third kappa shape index (κ3) is 3.10. The molecule has 0 radical (unpaired) electrons. The Morgan fingerprint density at radius 3 is 2.89 bits per heavy atom. The summed E-state index contributed by atoms with van der Waals surface area (Å²) < 4.78 is 5.45. The first-order valence-electron chi connectivity index (χ1n) is 5.63. The summed E-state index contributed by atoms with van der Waals surface area (Å²) in [4.78, 5) is 12.4. The molecule has 6 heteroatoms. The van der Waals surface area contributed by atoms with Crippen molar-refractivity contribution in [1.29, 1.82) is 0 Å². The van der Waals surface area contributed by atoms with Gasteiger partial charge < -0.3 is 10.5 Å². The van der Waals surface area contributed by atoms with Crippen molar-refractivity contribution in [1.82, 2.24) is 15.0 Å². The quantitative estimate of drug-likeness (QED) is 0.834. The van der Waals surface area contributed by atoms with Crippen molar-refractivity contribution >= 4 is 17.4 Å². The molecule has 0 aliphatic heterocycles. The molecule has 0 amide bonds. The van der Waals surface area contributed by atoms with E-state index in [9.17, 15) is 0 Å². The molecule has 0 aliphatic rings. The topological polar surface area (TPSA) is 73.9 Å². The van der Waals surface area contributed by atoms with Gasteiger partial charge in [-0.05, 0) is 30.3 Å². The van der Waals surface area contributed by atoms with Crippen molar-refractivity contribution in [3.05, 3.63) is 30.7 Å². The van der Waals surface area contributed by atoms with Crippen LogP contribution in [0.3, 0.4) is 0 Å². The van der Waals surface area contributed by atoms with Crippen molar-refractivity contribution in [2.75, 3.05) is 12.3 Å². The van der Waals surface area contributed by atoms with Crippen LogP contribution in [0.25, 0.3) is 0 Å². The number of nitrogens with two attached hydrogens (primary N) is 1. The molecule has 2 aromatic heterocycles. The van der Waals surface area contributed by atoms with Gasteiger partial charge in [-0.1, -0.05) is 13.0 Å². The Hall–Kier alpha value is -1.82. The summed E-state index contributed by atoms with van der Waals surface area (Å²) in [6.45, 7) is 2.62. The van der Waals surface area contributed by atoms with E-state index in [1.807, 2.05) is 25.1 Å². The highest BCUT2D eigenvalue weighted by molar-refractivity contribution is 7.99. The van der Waals surface area contributed by atoms with Gasteiger partial charge in [-0.3, -0.25) is 0 Å². The van der Waals surface area contributed by atoms with E-state index in [1.54, 1.807) is 6.20 Å². The van der Waals surface area contributed by atoms with E-state index in [1.165, 1.54) is 18.1 Å². The number of pyridine rings is 1. The SMILES string of the molecule is CCCOc1ncnc(Sc2ccccn2)c1N. The number of nitrogens with zero attached hydrogens (tertiary/aromatic N) is 3. The monoisotopic (exact) mass is 262 g/mol. The second kappa shape index (κ2) is 6.20. The van der Waals surface area contributed by atoms with Gasteiger partial charge in [0, 0.05) is 6.20 Å². The second-order valence-corrected chi connectivity index (χ2v) is 4.53. The fraction of sp³-hybridized carbons (Fsp3) is 0.250. The zero-order valence-corrected chi connectivity index (χ0v) is 10.9. The van der Waals surface area contributed by atoms with Crippen LogP contribution in [0, 0.1) is 0 Å². The van der Waals surface area contributed by atoms with Crippen LogP contribution in [0.1, 0.15) is 13.3 Å². The first kappa shape index (κ1) is 12.6. The molecule has 94 valence electrons. The van der Waals surface area contributed by atoms with Gasteiger partial charge in [0.2, 0.25) is 5.88 Å². The number of hydrogen-bond donors (Lipinski definition) is 1. The summed E-state index contributed by atoms with van der Waals surface area (Å²) in [6.07, 6.45) is 4.09. The van der Waals surface area contributed by atoms with Crippen LogP contribution in [0.15, 0.2) is 40.8 Å². The molecular formula is C12H14N4OS. The predicted molar refractivity (Wildman–Crippen MR) is 70.6 cm³/mol. The van der Waals surface area contributed by atoms with Crippen LogP contribution < -0.4 is 10.5 Å². The molecule has 2 heterocycles. The number of ether oxygens (including phenoxy) is 1. The molecule has 0 aliphatic carbocycles. The molecule has 0 saturated carbocycles. The van der Waals surface area contributed by atoms with Crippen LogP contribution in [-0.2, 0) is 0 Å². The van der Waals surface area contributed by atoms with E-state index in [0.717, 1.165) is 11.4 Å². The highest BCUT2D eigenvalue weighted by Gasteiger charge is 2.10. The van der Waals surface area contributed by atoms with Gasteiger partial charge in [-0.2, -0.15) is 4.98 Å². The second-order valence-electron chi connectivity index (χ2n) is 3.52. The van der Waals surface area contributed by atoms with Crippen molar-refractivity contribution in [3.63, 3.8) is 0 Å². The van der Waals surface area contributed by atoms with Crippen LogP contribution in [-0.4, -0.2) is 21.6 Å². The van der Waals surface area contributed by atoms with Crippen molar-refractivity contribution in [3.8, 4) is 5.88 Å². The number of nitrogen functional groups attached to an aromatic ring is 1. The summed E-state index contributed by atoms with van der Waals surface area (Å²) in [7, 11) is 0. The molecular weight excluding hydrogens is 248 g/mol. The molecule has 0 bridgehead atoms. The summed E-state index contributed by atoms with van der Waals surface area (Å²) in [6, 6.07) is 5.68. The lowest BCUT2D eigenvalue weighted by Crippen LogP contribution is -2.03. The lowest BCUT2D eigenvalue weighted by atomic mass is 10.5. The lowest BCUT2D eigenvalue weighted by Gasteiger charge is -2.08. The normalized spacial score (nSPS) is 10.3.